The van der Waals surface area contributed by atoms with Crippen LogP contribution in [0, 0.1) is 0 Å². The van der Waals surface area contributed by atoms with E-state index in [0.717, 1.165) is 37.3 Å². The maximum Gasteiger partial charge on any atom is 0.222 e. The van der Waals surface area contributed by atoms with Crippen molar-refractivity contribution in [1.82, 2.24) is 15.4 Å². The van der Waals surface area contributed by atoms with E-state index in [1.165, 1.54) is 5.56 Å². The molecule has 6 nitrogen and oxygen atoms in total. The molecule has 0 aliphatic heterocycles. The Kier molecular flexibility index (Phi) is 5.14. The quantitative estimate of drug-likeness (QED) is 0.833. The van der Waals surface area contributed by atoms with Crippen molar-refractivity contribution in [1.29, 1.82) is 0 Å². The van der Waals surface area contributed by atoms with E-state index in [-0.39, 0.29) is 11.9 Å². The van der Waals surface area contributed by atoms with E-state index in [1.54, 1.807) is 7.11 Å². The predicted octanol–water partition coefficient (Wildman–Crippen LogP) is 0.746. The van der Waals surface area contributed by atoms with Crippen LogP contribution in [0.3, 0.4) is 0 Å². The van der Waals surface area contributed by atoms with Gasteiger partial charge in [-0.25, -0.2) is 0 Å². The molecular formula is C14H23N3O3. The number of nitrogens with one attached hydrogen (secondary N) is 1. The monoisotopic (exact) mass is 281 g/mol. The van der Waals surface area contributed by atoms with E-state index in [9.17, 15) is 4.79 Å². The van der Waals surface area contributed by atoms with Gasteiger partial charge in [0.05, 0.1) is 6.61 Å². The van der Waals surface area contributed by atoms with E-state index in [1.807, 2.05) is 14.1 Å². The average molecular weight is 281 g/mol. The molecule has 6 heteroatoms. The lowest BCUT2D eigenvalue weighted by molar-refractivity contribution is -0.122. The van der Waals surface area contributed by atoms with Crippen molar-refractivity contribution in [3.63, 3.8) is 0 Å². The Bertz CT molecular complexity index is 457. The number of aryl methyl sites for hydroxylation is 1. The number of hydrogen-bond acceptors (Lipinski definition) is 5. The molecule has 1 aromatic rings. The molecule has 0 aromatic carbocycles. The Labute approximate surface area is 119 Å². The molecule has 0 radical (unpaired) electrons. The van der Waals surface area contributed by atoms with E-state index in [2.05, 4.69) is 15.4 Å². The third-order valence-electron chi connectivity index (χ3n) is 3.49. The zero-order valence-corrected chi connectivity index (χ0v) is 12.4. The SMILES string of the molecule is COCCC(=O)NC1CCc2onc(CN(C)C)c2C1. The lowest BCUT2D eigenvalue weighted by atomic mass is 9.92. The minimum absolute atomic E-state index is 0.0471. The fraction of sp³-hybridized carbons (Fsp3) is 0.714. The predicted molar refractivity (Wildman–Crippen MR) is 74.3 cm³/mol. The number of amides is 1. The molecule has 2 rings (SSSR count). The first-order valence-electron chi connectivity index (χ1n) is 6.99. The van der Waals surface area contributed by atoms with Crippen molar-refractivity contribution in [2.24, 2.45) is 0 Å². The smallest absolute Gasteiger partial charge is 0.222 e. The number of methoxy groups -OCH3 is 1. The van der Waals surface area contributed by atoms with Crippen molar-refractivity contribution in [3.05, 3.63) is 17.0 Å². The number of rotatable bonds is 6. The van der Waals surface area contributed by atoms with E-state index >= 15 is 0 Å². The number of carbonyl (C=O) groups is 1. The summed E-state index contributed by atoms with van der Waals surface area (Å²) in [5.41, 5.74) is 2.16. The van der Waals surface area contributed by atoms with Crippen LogP contribution in [0.1, 0.15) is 29.9 Å². The van der Waals surface area contributed by atoms with Crippen LogP contribution in [0.25, 0.3) is 0 Å². The van der Waals surface area contributed by atoms with Crippen molar-refractivity contribution in [2.45, 2.75) is 38.3 Å². The topological polar surface area (TPSA) is 67.6 Å². The van der Waals surface area contributed by atoms with Crippen molar-refractivity contribution >= 4 is 5.91 Å². The number of ether oxygens (including phenoxy) is 1. The van der Waals surface area contributed by atoms with Crippen LogP contribution >= 0.6 is 0 Å². The summed E-state index contributed by atoms with van der Waals surface area (Å²) < 4.78 is 10.3. The zero-order valence-electron chi connectivity index (χ0n) is 12.4. The third-order valence-corrected chi connectivity index (χ3v) is 3.49. The van der Waals surface area contributed by atoms with Gasteiger partial charge in [0.2, 0.25) is 5.91 Å². The van der Waals surface area contributed by atoms with Gasteiger partial charge < -0.3 is 19.5 Å². The van der Waals surface area contributed by atoms with Gasteiger partial charge in [-0.15, -0.1) is 0 Å². The number of hydrogen-bond donors (Lipinski definition) is 1. The molecule has 1 aliphatic carbocycles. The summed E-state index contributed by atoms with van der Waals surface area (Å²) in [6, 6.07) is 0.173. The molecule has 1 heterocycles. The zero-order chi connectivity index (χ0) is 14.5. The maximum atomic E-state index is 11.7. The van der Waals surface area contributed by atoms with Gasteiger partial charge >= 0.3 is 0 Å². The van der Waals surface area contributed by atoms with Crippen LogP contribution in [0.2, 0.25) is 0 Å². The molecule has 0 saturated heterocycles. The second-order valence-corrected chi connectivity index (χ2v) is 5.52. The van der Waals surface area contributed by atoms with Gasteiger partial charge in [0.25, 0.3) is 0 Å². The van der Waals surface area contributed by atoms with Crippen molar-refractivity contribution < 1.29 is 14.1 Å². The van der Waals surface area contributed by atoms with E-state index in [0.29, 0.717) is 13.0 Å². The van der Waals surface area contributed by atoms with Crippen molar-refractivity contribution in [3.8, 4) is 0 Å². The Balaban J connectivity index is 1.95. The fourth-order valence-electron chi connectivity index (χ4n) is 2.50. The first-order chi connectivity index (χ1) is 9.60. The van der Waals surface area contributed by atoms with Gasteiger partial charge in [0.1, 0.15) is 11.5 Å². The molecule has 1 unspecified atom stereocenters. The molecule has 0 bridgehead atoms. The lowest BCUT2D eigenvalue weighted by Crippen LogP contribution is -2.39. The summed E-state index contributed by atoms with van der Waals surface area (Å²) in [6.45, 7) is 1.23. The molecular weight excluding hydrogens is 258 g/mol. The van der Waals surface area contributed by atoms with Crippen molar-refractivity contribution in [2.75, 3.05) is 27.8 Å². The summed E-state index contributed by atoms with van der Waals surface area (Å²) >= 11 is 0. The molecule has 0 saturated carbocycles. The highest BCUT2D eigenvalue weighted by Gasteiger charge is 2.26. The van der Waals surface area contributed by atoms with Crippen LogP contribution in [0.15, 0.2) is 4.52 Å². The highest BCUT2D eigenvalue weighted by Crippen LogP contribution is 2.25. The van der Waals surface area contributed by atoms with Crippen LogP contribution in [-0.2, 0) is 28.9 Å². The van der Waals surface area contributed by atoms with E-state index < -0.39 is 0 Å². The van der Waals surface area contributed by atoms with Crippen LogP contribution in [-0.4, -0.2) is 49.8 Å². The Hall–Kier alpha value is -1.40. The molecule has 1 atom stereocenters. The van der Waals surface area contributed by atoms with Crippen LogP contribution in [0.5, 0.6) is 0 Å². The van der Waals surface area contributed by atoms with Gasteiger partial charge in [0, 0.05) is 38.1 Å². The molecule has 1 aromatic heterocycles. The highest BCUT2D eigenvalue weighted by molar-refractivity contribution is 5.76. The number of carbonyl (C=O) groups excluding carboxylic acids is 1. The van der Waals surface area contributed by atoms with Gasteiger partial charge in [-0.2, -0.15) is 0 Å². The average Bonchev–Trinajstić information content (AvgIpc) is 2.78. The second kappa shape index (κ2) is 6.85. The maximum absolute atomic E-state index is 11.7. The molecule has 1 aliphatic rings. The number of nitrogens with zero attached hydrogens (tertiary/aromatic N) is 2. The minimum atomic E-state index is 0.0471. The third kappa shape index (κ3) is 3.80. The molecule has 0 fully saturated rings. The Morgan fingerprint density at radius 2 is 2.35 bits per heavy atom. The highest BCUT2D eigenvalue weighted by atomic mass is 16.5. The fourth-order valence-corrected chi connectivity index (χ4v) is 2.50. The summed E-state index contributed by atoms with van der Waals surface area (Å²) in [5.74, 6) is 1.02. The van der Waals surface area contributed by atoms with Crippen LogP contribution < -0.4 is 5.32 Å². The molecule has 112 valence electrons. The van der Waals surface area contributed by atoms with Gasteiger partial charge in [-0.1, -0.05) is 5.16 Å². The van der Waals surface area contributed by atoms with Gasteiger partial charge in [-0.05, 0) is 26.9 Å². The second-order valence-electron chi connectivity index (χ2n) is 5.52. The largest absolute Gasteiger partial charge is 0.384 e. The molecule has 20 heavy (non-hydrogen) atoms. The Morgan fingerprint density at radius 1 is 1.55 bits per heavy atom. The van der Waals surface area contributed by atoms with Gasteiger partial charge in [-0.3, -0.25) is 4.79 Å². The molecule has 0 spiro atoms. The lowest BCUT2D eigenvalue weighted by Gasteiger charge is -2.23. The first kappa shape index (κ1) is 15.0. The number of fused-ring (bicyclic) bond motifs is 1. The molecule has 1 amide bonds. The van der Waals surface area contributed by atoms with Crippen LogP contribution in [0.4, 0.5) is 0 Å². The Morgan fingerprint density at radius 3 is 3.05 bits per heavy atom. The summed E-state index contributed by atoms with van der Waals surface area (Å²) in [4.78, 5) is 13.8. The van der Waals surface area contributed by atoms with Gasteiger partial charge in [0.15, 0.2) is 0 Å². The normalized spacial score (nSPS) is 18.1. The molecule has 1 N–H and O–H groups in total. The first-order valence-corrected chi connectivity index (χ1v) is 6.99. The minimum Gasteiger partial charge on any atom is -0.384 e. The van der Waals surface area contributed by atoms with E-state index in [4.69, 9.17) is 9.26 Å². The standard InChI is InChI=1S/C14H23N3O3/c1-17(2)9-12-11-8-10(4-5-13(11)20-16-12)15-14(18)6-7-19-3/h10H,4-9H2,1-3H3,(H,15,18). The summed E-state index contributed by atoms with van der Waals surface area (Å²) in [7, 11) is 5.62. The summed E-state index contributed by atoms with van der Waals surface area (Å²) in [5, 5.41) is 7.21. The number of aromatic nitrogens is 1. The summed E-state index contributed by atoms with van der Waals surface area (Å²) in [6.07, 6.45) is 2.96.